The van der Waals surface area contributed by atoms with Crippen molar-refractivity contribution in [2.45, 2.75) is 51.2 Å². The Bertz CT molecular complexity index is 1460. The highest BCUT2D eigenvalue weighted by Crippen LogP contribution is 2.44. The molecule has 0 saturated carbocycles. The van der Waals surface area contributed by atoms with Crippen LogP contribution in [0.3, 0.4) is 0 Å². The number of benzene rings is 3. The lowest BCUT2D eigenvalue weighted by molar-refractivity contribution is -0.143. The first-order valence-corrected chi connectivity index (χ1v) is 14.5. The predicted octanol–water partition coefficient (Wildman–Crippen LogP) is 8.48. The van der Waals surface area contributed by atoms with Crippen molar-refractivity contribution in [3.63, 3.8) is 0 Å². The fourth-order valence-corrected chi connectivity index (χ4v) is 6.73. The number of halogens is 7. The Hall–Kier alpha value is -3.60. The average molecular weight is 622 g/mol. The lowest BCUT2D eigenvalue weighted by Crippen LogP contribution is -2.57. The van der Waals surface area contributed by atoms with Crippen LogP contribution in [0.1, 0.15) is 58.8 Å². The van der Waals surface area contributed by atoms with Gasteiger partial charge in [-0.1, -0.05) is 36.4 Å². The van der Waals surface area contributed by atoms with E-state index in [1.54, 1.807) is 17.9 Å². The Kier molecular flexibility index (Phi) is 8.72. The molecule has 11 heteroatoms. The molecular weight excluding hydrogens is 587 g/mol. The molecule has 4 nitrogen and oxygen atoms in total. The molecule has 2 bridgehead atoms. The zero-order valence-corrected chi connectivity index (χ0v) is 24.6. The Morgan fingerprint density at radius 2 is 1.55 bits per heavy atom. The second-order valence-electron chi connectivity index (χ2n) is 12.0. The number of amides is 2. The summed E-state index contributed by atoms with van der Waals surface area (Å²) in [7, 11) is 1.39. The molecule has 2 aliphatic rings. The van der Waals surface area contributed by atoms with E-state index < -0.39 is 47.4 Å². The van der Waals surface area contributed by atoms with Gasteiger partial charge in [-0.05, 0) is 84.7 Å². The van der Waals surface area contributed by atoms with Crippen molar-refractivity contribution in [1.82, 2.24) is 14.7 Å². The average Bonchev–Trinajstić information content (AvgIpc) is 2.95. The van der Waals surface area contributed by atoms with E-state index in [0.717, 1.165) is 30.6 Å². The number of fused-ring (bicyclic) bond motifs is 2. The summed E-state index contributed by atoms with van der Waals surface area (Å²) in [6, 6.07) is 13.8. The summed E-state index contributed by atoms with van der Waals surface area (Å²) in [5, 5.41) is 0. The third-order valence-electron chi connectivity index (χ3n) is 8.90. The highest BCUT2D eigenvalue weighted by atomic mass is 19.4. The smallest absolute Gasteiger partial charge is 0.321 e. The number of hydrogen-bond donors (Lipinski definition) is 0. The summed E-state index contributed by atoms with van der Waals surface area (Å²) in [5.74, 6) is -0.330. The van der Waals surface area contributed by atoms with E-state index in [4.69, 9.17) is 0 Å². The van der Waals surface area contributed by atoms with E-state index in [0.29, 0.717) is 30.8 Å². The van der Waals surface area contributed by atoms with Crippen LogP contribution in [-0.2, 0) is 18.9 Å². The molecule has 0 spiro atoms. The standard InChI is InChI=1S/C33H34F7N3O/c1-20-11-28(34)9-10-29(20)30-25-12-23(17-42(19-25)16-22-7-5-4-6-8-22)18-43(30)31(44)41(3)21(2)24-13-26(32(35,36)37)15-27(14-24)33(38,39)40/h4-11,13-15,21,23,25,30H,12,16-19H2,1-3H3. The largest absolute Gasteiger partial charge is 0.416 e. The number of rotatable bonds is 5. The molecule has 44 heavy (non-hydrogen) atoms. The van der Waals surface area contributed by atoms with Crippen LogP contribution in [0.2, 0.25) is 0 Å². The molecule has 5 rings (SSSR count). The van der Waals surface area contributed by atoms with E-state index >= 15 is 0 Å². The zero-order chi connectivity index (χ0) is 32.0. The maximum atomic E-state index is 14.2. The van der Waals surface area contributed by atoms with Crippen LogP contribution in [0.5, 0.6) is 0 Å². The van der Waals surface area contributed by atoms with Gasteiger partial charge in [-0.2, -0.15) is 26.3 Å². The number of nitrogens with zero attached hydrogens (tertiary/aromatic N) is 3. The van der Waals surface area contributed by atoms with Crippen LogP contribution in [0.4, 0.5) is 35.5 Å². The van der Waals surface area contributed by atoms with Gasteiger partial charge >= 0.3 is 18.4 Å². The van der Waals surface area contributed by atoms with Crippen molar-refractivity contribution in [3.8, 4) is 0 Å². The number of aryl methyl sites for hydroxylation is 1. The van der Waals surface area contributed by atoms with Crippen molar-refractivity contribution in [2.24, 2.45) is 11.8 Å². The molecule has 0 aliphatic carbocycles. The highest BCUT2D eigenvalue weighted by Gasteiger charge is 2.45. The summed E-state index contributed by atoms with van der Waals surface area (Å²) in [6.07, 6.45) is -9.17. The second kappa shape index (κ2) is 12.1. The monoisotopic (exact) mass is 621 g/mol. The van der Waals surface area contributed by atoms with Crippen LogP contribution in [0, 0.1) is 24.6 Å². The minimum Gasteiger partial charge on any atom is -0.321 e. The Morgan fingerprint density at radius 3 is 2.14 bits per heavy atom. The third-order valence-corrected chi connectivity index (χ3v) is 8.90. The molecule has 3 aromatic rings. The Labute approximate surface area is 252 Å². The molecule has 0 radical (unpaired) electrons. The lowest BCUT2D eigenvalue weighted by atomic mass is 9.76. The first kappa shape index (κ1) is 31.8. The maximum absolute atomic E-state index is 14.2. The van der Waals surface area contributed by atoms with Gasteiger partial charge in [-0.25, -0.2) is 9.18 Å². The van der Waals surface area contributed by atoms with Crippen LogP contribution < -0.4 is 0 Å². The van der Waals surface area contributed by atoms with Gasteiger partial charge in [0.15, 0.2) is 0 Å². The highest BCUT2D eigenvalue weighted by molar-refractivity contribution is 5.76. The molecule has 4 unspecified atom stereocenters. The minimum absolute atomic E-state index is 0.0200. The molecule has 2 aliphatic heterocycles. The Balaban J connectivity index is 1.47. The van der Waals surface area contributed by atoms with Crippen molar-refractivity contribution in [2.75, 3.05) is 26.7 Å². The minimum atomic E-state index is -5.00. The molecule has 2 heterocycles. The van der Waals surface area contributed by atoms with Crippen molar-refractivity contribution in [1.29, 1.82) is 0 Å². The van der Waals surface area contributed by atoms with Crippen LogP contribution >= 0.6 is 0 Å². The molecule has 2 saturated heterocycles. The first-order chi connectivity index (χ1) is 20.6. The number of likely N-dealkylation sites (tertiary alicyclic amines) is 2. The first-order valence-electron chi connectivity index (χ1n) is 14.5. The van der Waals surface area contributed by atoms with Gasteiger partial charge in [-0.3, -0.25) is 4.90 Å². The summed E-state index contributed by atoms with van der Waals surface area (Å²) in [6.45, 7) is 5.65. The van der Waals surface area contributed by atoms with E-state index in [1.807, 2.05) is 18.2 Å². The zero-order valence-electron chi connectivity index (χ0n) is 24.6. The SMILES string of the molecule is Cc1cc(F)ccc1C1C2CC(CN(Cc3ccccc3)C2)CN1C(=O)N(C)C(C)c1cc(C(F)(F)F)cc(C(F)(F)F)c1. The van der Waals surface area contributed by atoms with Gasteiger partial charge in [0.1, 0.15) is 5.82 Å². The lowest BCUT2D eigenvalue weighted by Gasteiger charge is -2.52. The fraction of sp³-hybridized carbons (Fsp3) is 0.424. The maximum Gasteiger partial charge on any atom is 0.416 e. The van der Waals surface area contributed by atoms with Crippen molar-refractivity contribution < 1.29 is 35.5 Å². The number of hydrogen-bond acceptors (Lipinski definition) is 2. The number of urea groups is 1. The van der Waals surface area contributed by atoms with Gasteiger partial charge in [0.25, 0.3) is 0 Å². The predicted molar refractivity (Wildman–Crippen MR) is 152 cm³/mol. The summed E-state index contributed by atoms with van der Waals surface area (Å²) in [5.41, 5.74) is -0.549. The molecule has 3 aromatic carbocycles. The normalized spacial score (nSPS) is 21.7. The molecule has 2 fully saturated rings. The van der Waals surface area contributed by atoms with E-state index in [9.17, 15) is 35.5 Å². The van der Waals surface area contributed by atoms with Crippen LogP contribution in [0.15, 0.2) is 66.7 Å². The van der Waals surface area contributed by atoms with E-state index in [1.165, 1.54) is 31.0 Å². The molecule has 0 aromatic heterocycles. The van der Waals surface area contributed by atoms with Gasteiger partial charge in [0.05, 0.1) is 23.2 Å². The fourth-order valence-electron chi connectivity index (χ4n) is 6.73. The second-order valence-corrected chi connectivity index (χ2v) is 12.0. The van der Waals surface area contributed by atoms with Gasteiger partial charge in [0.2, 0.25) is 0 Å². The van der Waals surface area contributed by atoms with Gasteiger partial charge in [0, 0.05) is 33.2 Å². The van der Waals surface area contributed by atoms with Crippen LogP contribution in [0.25, 0.3) is 0 Å². The van der Waals surface area contributed by atoms with Gasteiger partial charge in [-0.15, -0.1) is 0 Å². The summed E-state index contributed by atoms with van der Waals surface area (Å²) < 4.78 is 95.5. The van der Waals surface area contributed by atoms with Crippen molar-refractivity contribution >= 4 is 6.03 Å². The van der Waals surface area contributed by atoms with E-state index in [2.05, 4.69) is 17.0 Å². The molecule has 4 atom stereocenters. The third kappa shape index (κ3) is 6.72. The molecule has 0 N–H and O–H groups in total. The number of carbonyl (C=O) groups excluding carboxylic acids is 1. The quantitative estimate of drug-likeness (QED) is 0.267. The van der Waals surface area contributed by atoms with Crippen molar-refractivity contribution in [3.05, 3.63) is 106 Å². The topological polar surface area (TPSA) is 26.8 Å². The molecular formula is C33H34F7N3O. The number of piperidine rings is 2. The number of alkyl halides is 6. The number of carbonyl (C=O) groups is 1. The molecule has 236 valence electrons. The molecule has 2 amide bonds. The van der Waals surface area contributed by atoms with Crippen LogP contribution in [-0.4, -0.2) is 47.4 Å². The van der Waals surface area contributed by atoms with E-state index in [-0.39, 0.29) is 23.5 Å². The van der Waals surface area contributed by atoms with Gasteiger partial charge < -0.3 is 9.80 Å². The summed E-state index contributed by atoms with van der Waals surface area (Å²) >= 11 is 0. The summed E-state index contributed by atoms with van der Waals surface area (Å²) in [4.78, 5) is 19.4. The Morgan fingerprint density at radius 1 is 0.909 bits per heavy atom.